The molecule has 0 aliphatic heterocycles. The molecule has 1 N–H and O–H groups in total. The normalized spacial score (nSPS) is 10.7. The number of anilines is 1. The monoisotopic (exact) mass is 550 g/mol. The second-order valence-electron chi connectivity index (χ2n) is 8.22. The topological polar surface area (TPSA) is 104 Å². The van der Waals surface area contributed by atoms with Crippen LogP contribution in [0.5, 0.6) is 17.2 Å². The third kappa shape index (κ3) is 5.92. The third-order valence-corrected chi connectivity index (χ3v) is 6.10. The number of nitrogens with zero attached hydrogens (tertiary/aromatic N) is 1. The lowest BCUT2D eigenvalue weighted by molar-refractivity contribution is -0.384. The summed E-state index contributed by atoms with van der Waals surface area (Å²) in [6, 6.07) is 18.5. The zero-order chi connectivity index (χ0) is 25.8. The average Bonchev–Trinajstić information content (AvgIpc) is 3.31. The number of hydrogen-bond donors (Lipinski definition) is 1. The molecule has 0 fully saturated rings. The van der Waals surface area contributed by atoms with Crippen LogP contribution in [-0.2, 0) is 6.61 Å². The molecule has 1 aromatic heterocycles. The van der Waals surface area contributed by atoms with Crippen LogP contribution in [0.3, 0.4) is 0 Å². The number of carbonyl (C=O) groups is 1. The first-order valence-corrected chi connectivity index (χ1v) is 11.8. The number of furan rings is 1. The van der Waals surface area contributed by atoms with Crippen molar-refractivity contribution in [3.8, 4) is 17.2 Å². The van der Waals surface area contributed by atoms with Gasteiger partial charge in [0.2, 0.25) is 0 Å². The lowest BCUT2D eigenvalue weighted by Crippen LogP contribution is -2.11. The molecular formula is C27H23BrN2O6. The summed E-state index contributed by atoms with van der Waals surface area (Å²) < 4.78 is 18.1. The average molecular weight is 551 g/mol. The molecule has 8 nitrogen and oxygen atoms in total. The number of halogens is 1. The van der Waals surface area contributed by atoms with E-state index in [0.717, 1.165) is 21.2 Å². The summed E-state index contributed by atoms with van der Waals surface area (Å²) in [5.41, 5.74) is 2.96. The molecule has 0 bridgehead atoms. The van der Waals surface area contributed by atoms with Crippen molar-refractivity contribution < 1.29 is 23.6 Å². The number of hydrogen-bond acceptors (Lipinski definition) is 6. The first-order valence-electron chi connectivity index (χ1n) is 11.0. The largest absolute Gasteiger partial charge is 0.484 e. The van der Waals surface area contributed by atoms with Gasteiger partial charge in [0.1, 0.15) is 29.6 Å². The standard InChI is InChI=1S/C27H23BrN2O6/c1-16-10-17(2)18(3)26(11-16)36-22-13-19(12-20(14-22)30(32)33)29-27(31)25-9-8-21(35-25)15-34-24-7-5-4-6-23(24)28/h4-14H,15H2,1-3H3,(H,29,31). The van der Waals surface area contributed by atoms with E-state index in [9.17, 15) is 14.9 Å². The second-order valence-corrected chi connectivity index (χ2v) is 9.07. The number of para-hydroxylation sites is 1. The lowest BCUT2D eigenvalue weighted by atomic mass is 10.1. The minimum atomic E-state index is -0.559. The van der Waals surface area contributed by atoms with Crippen molar-refractivity contribution >= 4 is 33.2 Å². The van der Waals surface area contributed by atoms with E-state index in [1.807, 2.05) is 57.2 Å². The van der Waals surface area contributed by atoms with Crippen molar-refractivity contribution in [2.24, 2.45) is 0 Å². The first kappa shape index (κ1) is 25.0. The van der Waals surface area contributed by atoms with Crippen LogP contribution in [0.15, 0.2) is 75.6 Å². The van der Waals surface area contributed by atoms with Gasteiger partial charge in [-0.1, -0.05) is 18.2 Å². The number of rotatable bonds is 8. The van der Waals surface area contributed by atoms with Gasteiger partial charge in [-0.2, -0.15) is 0 Å². The van der Waals surface area contributed by atoms with Gasteiger partial charge in [0.05, 0.1) is 21.1 Å². The number of nitro benzene ring substituents is 1. The molecule has 0 aliphatic carbocycles. The maximum absolute atomic E-state index is 12.8. The van der Waals surface area contributed by atoms with Gasteiger partial charge in [0.15, 0.2) is 5.76 Å². The van der Waals surface area contributed by atoms with Gasteiger partial charge in [-0.3, -0.25) is 14.9 Å². The molecule has 0 unspecified atom stereocenters. The minimum absolute atomic E-state index is 0.0415. The van der Waals surface area contributed by atoms with E-state index >= 15 is 0 Å². The maximum atomic E-state index is 12.8. The molecule has 0 atom stereocenters. The quantitative estimate of drug-likeness (QED) is 0.180. The van der Waals surface area contributed by atoms with Gasteiger partial charge in [-0.15, -0.1) is 0 Å². The molecule has 4 rings (SSSR count). The van der Waals surface area contributed by atoms with Gasteiger partial charge in [0, 0.05) is 12.1 Å². The summed E-state index contributed by atoms with van der Waals surface area (Å²) in [4.78, 5) is 23.8. The number of carbonyl (C=O) groups excluding carboxylic acids is 1. The smallest absolute Gasteiger partial charge is 0.291 e. The van der Waals surface area contributed by atoms with Gasteiger partial charge in [-0.05, 0) is 83.7 Å². The Morgan fingerprint density at radius 1 is 1.03 bits per heavy atom. The van der Waals surface area contributed by atoms with Crippen molar-refractivity contribution in [2.75, 3.05) is 5.32 Å². The van der Waals surface area contributed by atoms with Gasteiger partial charge in [-0.25, -0.2) is 0 Å². The Balaban J connectivity index is 1.51. The number of benzene rings is 3. The van der Waals surface area contributed by atoms with Crippen LogP contribution in [0.2, 0.25) is 0 Å². The number of nitro groups is 1. The second kappa shape index (κ2) is 10.7. The molecule has 3 aromatic carbocycles. The summed E-state index contributed by atoms with van der Waals surface area (Å²) in [5.74, 6) is 1.39. The number of aryl methyl sites for hydroxylation is 2. The molecule has 0 saturated heterocycles. The number of nitrogens with one attached hydrogen (secondary N) is 1. The Bertz CT molecular complexity index is 1450. The highest BCUT2D eigenvalue weighted by molar-refractivity contribution is 9.10. The van der Waals surface area contributed by atoms with E-state index in [4.69, 9.17) is 13.9 Å². The highest BCUT2D eigenvalue weighted by Crippen LogP contribution is 2.33. The molecule has 1 amide bonds. The highest BCUT2D eigenvalue weighted by Gasteiger charge is 2.17. The van der Waals surface area contributed by atoms with Gasteiger partial charge in [0.25, 0.3) is 11.6 Å². The fraction of sp³-hybridized carbons (Fsp3) is 0.148. The molecule has 1 heterocycles. The lowest BCUT2D eigenvalue weighted by Gasteiger charge is -2.13. The van der Waals surface area contributed by atoms with E-state index in [1.54, 1.807) is 6.07 Å². The zero-order valence-corrected chi connectivity index (χ0v) is 21.4. The fourth-order valence-corrected chi connectivity index (χ4v) is 3.93. The van der Waals surface area contributed by atoms with Crippen LogP contribution in [0.4, 0.5) is 11.4 Å². The van der Waals surface area contributed by atoms with Crippen molar-refractivity contribution in [3.05, 3.63) is 110 Å². The van der Waals surface area contributed by atoms with Gasteiger partial charge < -0.3 is 19.2 Å². The third-order valence-electron chi connectivity index (χ3n) is 5.44. The number of non-ortho nitro benzene ring substituents is 1. The maximum Gasteiger partial charge on any atom is 0.291 e. The van der Waals surface area contributed by atoms with Crippen molar-refractivity contribution in [3.63, 3.8) is 0 Å². The van der Waals surface area contributed by atoms with Gasteiger partial charge >= 0.3 is 0 Å². The predicted molar refractivity (Wildman–Crippen MR) is 139 cm³/mol. The molecule has 36 heavy (non-hydrogen) atoms. The molecule has 0 saturated carbocycles. The van der Waals surface area contributed by atoms with Crippen LogP contribution in [0.1, 0.15) is 33.0 Å². The summed E-state index contributed by atoms with van der Waals surface area (Å²) in [6.45, 7) is 5.95. The Kier molecular flexibility index (Phi) is 7.40. The summed E-state index contributed by atoms with van der Waals surface area (Å²) in [5, 5.41) is 14.2. The van der Waals surface area contributed by atoms with E-state index in [0.29, 0.717) is 17.3 Å². The van der Waals surface area contributed by atoms with E-state index < -0.39 is 10.8 Å². The predicted octanol–water partition coefficient (Wildman–Crippen LogP) is 7.50. The van der Waals surface area contributed by atoms with Crippen LogP contribution >= 0.6 is 15.9 Å². The highest BCUT2D eigenvalue weighted by atomic mass is 79.9. The Morgan fingerprint density at radius 3 is 2.56 bits per heavy atom. The molecule has 0 aliphatic rings. The summed E-state index contributed by atoms with van der Waals surface area (Å²) >= 11 is 3.41. The van der Waals surface area contributed by atoms with Crippen LogP contribution in [-0.4, -0.2) is 10.8 Å². The van der Waals surface area contributed by atoms with E-state index in [2.05, 4.69) is 21.2 Å². The fourth-order valence-electron chi connectivity index (χ4n) is 3.53. The summed E-state index contributed by atoms with van der Waals surface area (Å²) in [6.07, 6.45) is 0. The Morgan fingerprint density at radius 2 is 1.81 bits per heavy atom. The van der Waals surface area contributed by atoms with Crippen LogP contribution in [0, 0.1) is 30.9 Å². The zero-order valence-electron chi connectivity index (χ0n) is 19.8. The van der Waals surface area contributed by atoms with Crippen LogP contribution in [0.25, 0.3) is 0 Å². The summed E-state index contributed by atoms with van der Waals surface area (Å²) in [7, 11) is 0. The molecular weight excluding hydrogens is 528 g/mol. The minimum Gasteiger partial charge on any atom is -0.484 e. The van der Waals surface area contributed by atoms with Crippen LogP contribution < -0.4 is 14.8 Å². The molecule has 0 radical (unpaired) electrons. The molecule has 4 aromatic rings. The molecule has 0 spiro atoms. The Labute approximate surface area is 216 Å². The molecule has 9 heteroatoms. The van der Waals surface area contributed by atoms with Crippen molar-refractivity contribution in [1.29, 1.82) is 0 Å². The number of ether oxygens (including phenoxy) is 2. The SMILES string of the molecule is Cc1cc(C)c(C)c(Oc2cc(NC(=O)c3ccc(COc4ccccc4Br)o3)cc([N+](=O)[O-])c2)c1. The first-order chi connectivity index (χ1) is 17.2. The number of amides is 1. The Hall–Kier alpha value is -4.11. The van der Waals surface area contributed by atoms with Crippen molar-refractivity contribution in [1.82, 2.24) is 0 Å². The van der Waals surface area contributed by atoms with E-state index in [-0.39, 0.29) is 29.5 Å². The van der Waals surface area contributed by atoms with E-state index in [1.165, 1.54) is 24.3 Å². The van der Waals surface area contributed by atoms with Crippen molar-refractivity contribution in [2.45, 2.75) is 27.4 Å². The molecule has 184 valence electrons.